The van der Waals surface area contributed by atoms with E-state index < -0.39 is 0 Å². The Bertz CT molecular complexity index is 1090. The topological polar surface area (TPSA) is 67.1 Å². The van der Waals surface area contributed by atoms with Crippen LogP contribution in [0.5, 0.6) is 0 Å². The average molecular weight is 391 g/mol. The first kappa shape index (κ1) is 17.3. The lowest BCUT2D eigenvalue weighted by Crippen LogP contribution is -2.38. The van der Waals surface area contributed by atoms with E-state index in [-0.39, 0.29) is 0 Å². The van der Waals surface area contributed by atoms with E-state index >= 15 is 0 Å². The Labute approximate surface area is 167 Å². The van der Waals surface area contributed by atoms with Crippen LogP contribution in [0.2, 0.25) is 0 Å². The monoisotopic (exact) mass is 390 g/mol. The average Bonchev–Trinajstić information content (AvgIpc) is 3.31. The molecule has 1 aromatic carbocycles. The number of rotatable bonds is 4. The number of imidazole rings is 1. The molecule has 0 bridgehead atoms. The van der Waals surface area contributed by atoms with Crippen molar-refractivity contribution in [1.82, 2.24) is 24.7 Å². The number of fused-ring (bicyclic) bond motifs is 1. The van der Waals surface area contributed by atoms with Crippen LogP contribution in [0.3, 0.4) is 0 Å². The third-order valence-corrected chi connectivity index (χ3v) is 5.87. The van der Waals surface area contributed by atoms with Crippen molar-refractivity contribution in [3.63, 3.8) is 0 Å². The van der Waals surface area contributed by atoms with Gasteiger partial charge in [0.1, 0.15) is 5.69 Å². The second-order valence-electron chi connectivity index (χ2n) is 7.18. The second-order valence-corrected chi connectivity index (χ2v) is 8.06. The van der Waals surface area contributed by atoms with Crippen LogP contribution in [0, 0.1) is 6.92 Å². The van der Waals surface area contributed by atoms with Crippen molar-refractivity contribution in [2.45, 2.75) is 25.8 Å². The van der Waals surface area contributed by atoms with Gasteiger partial charge in [-0.3, -0.25) is 4.40 Å². The van der Waals surface area contributed by atoms with Crippen molar-refractivity contribution in [3.8, 4) is 22.6 Å². The highest BCUT2D eigenvalue weighted by atomic mass is 32.1. The van der Waals surface area contributed by atoms with Gasteiger partial charge in [-0.15, -0.1) is 11.3 Å². The molecule has 4 heterocycles. The highest BCUT2D eigenvalue weighted by molar-refractivity contribution is 7.15. The molecule has 0 saturated carbocycles. The smallest absolute Gasteiger partial charge is 0.223 e. The Morgan fingerprint density at radius 3 is 2.89 bits per heavy atom. The summed E-state index contributed by atoms with van der Waals surface area (Å²) in [4.78, 5) is 15.1. The third-order valence-electron chi connectivity index (χ3n) is 5.12. The van der Waals surface area contributed by atoms with Crippen LogP contribution < -0.4 is 10.6 Å². The summed E-state index contributed by atoms with van der Waals surface area (Å²) in [6.07, 6.45) is 6.19. The summed E-state index contributed by atoms with van der Waals surface area (Å²) in [6, 6.07) is 10.8. The number of benzene rings is 1. The lowest BCUT2D eigenvalue weighted by atomic mass is 10.1. The molecule has 1 atom stereocenters. The molecule has 1 unspecified atom stereocenters. The predicted molar refractivity (Wildman–Crippen MR) is 114 cm³/mol. The molecule has 1 fully saturated rings. The fraction of sp³-hybridized carbons (Fsp3) is 0.286. The van der Waals surface area contributed by atoms with E-state index in [0.29, 0.717) is 12.0 Å². The summed E-state index contributed by atoms with van der Waals surface area (Å²) in [5, 5.41) is 8.96. The van der Waals surface area contributed by atoms with Gasteiger partial charge in [-0.25, -0.2) is 15.0 Å². The lowest BCUT2D eigenvalue weighted by molar-refractivity contribution is 0.478. The first-order valence-corrected chi connectivity index (χ1v) is 10.5. The second kappa shape index (κ2) is 7.33. The molecule has 4 aromatic rings. The van der Waals surface area contributed by atoms with Crippen molar-refractivity contribution in [3.05, 3.63) is 53.7 Å². The summed E-state index contributed by atoms with van der Waals surface area (Å²) >= 11 is 1.63. The Morgan fingerprint density at radius 2 is 2.07 bits per heavy atom. The molecule has 28 heavy (non-hydrogen) atoms. The minimum atomic E-state index is 0.368. The molecule has 0 radical (unpaired) electrons. The Kier molecular flexibility index (Phi) is 4.54. The van der Waals surface area contributed by atoms with Crippen molar-refractivity contribution in [2.75, 3.05) is 18.4 Å². The fourth-order valence-corrected chi connectivity index (χ4v) is 4.37. The number of nitrogens with zero attached hydrogens (tertiary/aromatic N) is 4. The van der Waals surface area contributed by atoms with Crippen LogP contribution in [-0.2, 0) is 0 Å². The minimum absolute atomic E-state index is 0.368. The molecule has 2 N–H and O–H groups in total. The van der Waals surface area contributed by atoms with Crippen molar-refractivity contribution in [1.29, 1.82) is 0 Å². The number of nitrogens with one attached hydrogen (secondary N) is 2. The van der Waals surface area contributed by atoms with Gasteiger partial charge in [0.05, 0.1) is 11.4 Å². The molecular formula is C21H22N6S. The SMILES string of the molecule is Cc1ccc(-c2nc3sccn3c2-c2ccnc(NC3CCCNC3)n2)cc1. The van der Waals surface area contributed by atoms with Gasteiger partial charge in [-0.2, -0.15) is 0 Å². The maximum Gasteiger partial charge on any atom is 0.223 e. The van der Waals surface area contributed by atoms with E-state index in [0.717, 1.165) is 47.1 Å². The summed E-state index contributed by atoms with van der Waals surface area (Å²) in [5.74, 6) is 0.672. The normalized spacial score (nSPS) is 17.1. The molecule has 0 amide bonds. The quantitative estimate of drug-likeness (QED) is 0.551. The molecule has 1 aliphatic heterocycles. The lowest BCUT2D eigenvalue weighted by Gasteiger charge is -2.23. The molecule has 1 aliphatic rings. The molecule has 3 aromatic heterocycles. The van der Waals surface area contributed by atoms with Gasteiger partial charge in [-0.1, -0.05) is 29.8 Å². The molecule has 142 valence electrons. The Morgan fingerprint density at radius 1 is 1.18 bits per heavy atom. The maximum absolute atomic E-state index is 4.88. The number of thiazole rings is 1. The summed E-state index contributed by atoms with van der Waals surface area (Å²) in [6.45, 7) is 4.13. The molecule has 0 aliphatic carbocycles. The van der Waals surface area contributed by atoms with Crippen molar-refractivity contribution in [2.24, 2.45) is 0 Å². The summed E-state index contributed by atoms with van der Waals surface area (Å²) in [7, 11) is 0. The molecule has 6 nitrogen and oxygen atoms in total. The number of anilines is 1. The zero-order valence-corrected chi connectivity index (χ0v) is 16.5. The molecule has 7 heteroatoms. The number of piperidine rings is 1. The Hall–Kier alpha value is -2.77. The van der Waals surface area contributed by atoms with E-state index in [9.17, 15) is 0 Å². The van der Waals surface area contributed by atoms with Gasteiger partial charge in [0.2, 0.25) is 5.95 Å². The zero-order chi connectivity index (χ0) is 18.9. The van der Waals surface area contributed by atoms with Crippen LogP contribution in [0.25, 0.3) is 27.6 Å². The number of aromatic nitrogens is 4. The standard InChI is InChI=1S/C21H22N6S/c1-14-4-6-15(7-5-14)18-19(27-11-12-28-21(27)26-18)17-8-10-23-20(25-17)24-16-3-2-9-22-13-16/h4-8,10-12,16,22H,2-3,9,13H2,1H3,(H,23,24,25). The van der Waals surface area contributed by atoms with Gasteiger partial charge in [0, 0.05) is 35.9 Å². The van der Waals surface area contributed by atoms with E-state index in [1.165, 1.54) is 12.0 Å². The largest absolute Gasteiger partial charge is 0.350 e. The number of hydrogen-bond donors (Lipinski definition) is 2. The fourth-order valence-electron chi connectivity index (χ4n) is 3.66. The predicted octanol–water partition coefficient (Wildman–Crippen LogP) is 3.99. The van der Waals surface area contributed by atoms with Gasteiger partial charge in [0.25, 0.3) is 0 Å². The van der Waals surface area contributed by atoms with E-state index in [1.54, 1.807) is 11.3 Å². The highest BCUT2D eigenvalue weighted by Crippen LogP contribution is 2.33. The first-order chi connectivity index (χ1) is 13.8. The zero-order valence-electron chi connectivity index (χ0n) is 15.7. The minimum Gasteiger partial charge on any atom is -0.350 e. The van der Waals surface area contributed by atoms with Crippen LogP contribution in [0.4, 0.5) is 5.95 Å². The molecule has 1 saturated heterocycles. The van der Waals surface area contributed by atoms with Crippen LogP contribution in [0.15, 0.2) is 48.1 Å². The van der Waals surface area contributed by atoms with Crippen LogP contribution in [-0.4, -0.2) is 38.5 Å². The van der Waals surface area contributed by atoms with Gasteiger partial charge < -0.3 is 10.6 Å². The maximum atomic E-state index is 4.88. The van der Waals surface area contributed by atoms with Crippen molar-refractivity contribution < 1.29 is 0 Å². The number of aryl methyl sites for hydroxylation is 1. The number of hydrogen-bond acceptors (Lipinski definition) is 6. The molecular weight excluding hydrogens is 368 g/mol. The highest BCUT2D eigenvalue weighted by Gasteiger charge is 2.19. The van der Waals surface area contributed by atoms with E-state index in [1.807, 2.05) is 12.3 Å². The van der Waals surface area contributed by atoms with E-state index in [2.05, 4.69) is 62.8 Å². The molecule has 0 spiro atoms. The van der Waals surface area contributed by atoms with Gasteiger partial charge in [-0.05, 0) is 32.4 Å². The van der Waals surface area contributed by atoms with Crippen LogP contribution >= 0.6 is 11.3 Å². The summed E-state index contributed by atoms with van der Waals surface area (Å²) < 4.78 is 2.12. The van der Waals surface area contributed by atoms with Gasteiger partial charge in [0.15, 0.2) is 4.96 Å². The van der Waals surface area contributed by atoms with E-state index in [4.69, 9.17) is 9.97 Å². The van der Waals surface area contributed by atoms with Crippen molar-refractivity contribution >= 4 is 22.2 Å². The van der Waals surface area contributed by atoms with Gasteiger partial charge >= 0.3 is 0 Å². The first-order valence-electron chi connectivity index (χ1n) is 9.61. The van der Waals surface area contributed by atoms with Crippen LogP contribution in [0.1, 0.15) is 18.4 Å². The molecule has 5 rings (SSSR count). The summed E-state index contributed by atoms with van der Waals surface area (Å²) in [5.41, 5.74) is 5.17. The Balaban J connectivity index is 1.57. The third kappa shape index (κ3) is 3.27.